The van der Waals surface area contributed by atoms with E-state index in [1.54, 1.807) is 18.3 Å². The summed E-state index contributed by atoms with van der Waals surface area (Å²) in [7, 11) is 0. The average molecular weight is 248 g/mol. The van der Waals surface area contributed by atoms with Crippen LogP contribution in [-0.2, 0) is 0 Å². The molecule has 0 amide bonds. The number of rotatable bonds is 2. The lowest BCUT2D eigenvalue weighted by atomic mass is 9.84. The molecule has 18 heavy (non-hydrogen) atoms. The number of halogens is 1. The minimum absolute atomic E-state index is 0.279. The van der Waals surface area contributed by atoms with Gasteiger partial charge in [-0.1, -0.05) is 20.8 Å². The molecule has 0 aliphatic rings. The highest BCUT2D eigenvalue weighted by atomic mass is 19.1. The van der Waals surface area contributed by atoms with Gasteiger partial charge in [0.15, 0.2) is 0 Å². The van der Waals surface area contributed by atoms with Crippen LogP contribution in [0, 0.1) is 11.2 Å². The van der Waals surface area contributed by atoms with Crippen molar-refractivity contribution in [2.24, 2.45) is 5.41 Å². The van der Waals surface area contributed by atoms with Crippen molar-refractivity contribution < 1.29 is 9.50 Å². The lowest BCUT2D eigenvalue weighted by Crippen LogP contribution is -2.17. The van der Waals surface area contributed by atoms with Crippen LogP contribution in [0.15, 0.2) is 30.5 Å². The average Bonchev–Trinajstić information content (AvgIpc) is 2.76. The smallest absolute Gasteiger partial charge is 0.123 e. The summed E-state index contributed by atoms with van der Waals surface area (Å²) in [6.07, 6.45) is 0.991. The van der Waals surface area contributed by atoms with Gasteiger partial charge in [0, 0.05) is 11.1 Å². The van der Waals surface area contributed by atoms with Crippen molar-refractivity contribution in [1.82, 2.24) is 10.2 Å². The number of nitrogens with zero attached hydrogens (tertiary/aromatic N) is 1. The van der Waals surface area contributed by atoms with Crippen LogP contribution in [0.5, 0.6) is 0 Å². The van der Waals surface area contributed by atoms with Gasteiger partial charge < -0.3 is 5.11 Å². The van der Waals surface area contributed by atoms with Crippen molar-refractivity contribution in [1.29, 1.82) is 0 Å². The van der Waals surface area contributed by atoms with Gasteiger partial charge in [-0.3, -0.25) is 5.10 Å². The third-order valence-electron chi connectivity index (χ3n) is 2.92. The number of nitrogens with one attached hydrogen (secondary N) is 1. The van der Waals surface area contributed by atoms with Crippen LogP contribution in [-0.4, -0.2) is 15.3 Å². The standard InChI is InChI=1S/C14H17FN2O/c1-14(2,3)13(18)11-8-16-17-12(11)9-4-6-10(15)7-5-9/h4-8,13,18H,1-3H3,(H,16,17). The fraction of sp³-hybridized carbons (Fsp3) is 0.357. The molecule has 0 fully saturated rings. The predicted molar refractivity (Wildman–Crippen MR) is 68.4 cm³/mol. The second-order valence-corrected chi connectivity index (χ2v) is 5.48. The summed E-state index contributed by atoms with van der Waals surface area (Å²) in [5.41, 5.74) is 2.00. The summed E-state index contributed by atoms with van der Waals surface area (Å²) in [5, 5.41) is 17.1. The van der Waals surface area contributed by atoms with Crippen LogP contribution >= 0.6 is 0 Å². The number of aliphatic hydroxyl groups is 1. The molecular formula is C14H17FN2O. The Morgan fingerprint density at radius 1 is 1.22 bits per heavy atom. The van der Waals surface area contributed by atoms with E-state index in [1.807, 2.05) is 20.8 Å². The summed E-state index contributed by atoms with van der Waals surface area (Å²) in [4.78, 5) is 0. The number of H-pyrrole nitrogens is 1. The molecule has 2 N–H and O–H groups in total. The minimum Gasteiger partial charge on any atom is -0.388 e. The van der Waals surface area contributed by atoms with Crippen LogP contribution in [0.25, 0.3) is 11.3 Å². The first-order chi connectivity index (χ1) is 8.39. The quantitative estimate of drug-likeness (QED) is 0.856. The molecule has 0 aliphatic carbocycles. The molecule has 2 aromatic rings. The van der Waals surface area contributed by atoms with Gasteiger partial charge in [-0.15, -0.1) is 0 Å². The van der Waals surface area contributed by atoms with Crippen LogP contribution in [0.4, 0.5) is 4.39 Å². The molecule has 1 heterocycles. The maximum atomic E-state index is 12.9. The van der Waals surface area contributed by atoms with E-state index >= 15 is 0 Å². The first kappa shape index (κ1) is 12.8. The molecule has 3 nitrogen and oxygen atoms in total. The van der Waals surface area contributed by atoms with E-state index in [-0.39, 0.29) is 11.2 Å². The van der Waals surface area contributed by atoms with E-state index in [0.717, 1.165) is 16.8 Å². The SMILES string of the molecule is CC(C)(C)C(O)c1cn[nH]c1-c1ccc(F)cc1. The third-order valence-corrected chi connectivity index (χ3v) is 2.92. The first-order valence-electron chi connectivity index (χ1n) is 5.87. The summed E-state index contributed by atoms with van der Waals surface area (Å²) in [6, 6.07) is 6.12. The fourth-order valence-corrected chi connectivity index (χ4v) is 1.82. The monoisotopic (exact) mass is 248 g/mol. The Labute approximate surface area is 106 Å². The van der Waals surface area contributed by atoms with E-state index in [4.69, 9.17) is 0 Å². The molecule has 96 valence electrons. The highest BCUT2D eigenvalue weighted by molar-refractivity contribution is 5.63. The molecule has 1 aromatic heterocycles. The molecule has 0 saturated carbocycles. The molecule has 4 heteroatoms. The molecule has 0 bridgehead atoms. The number of hydrogen-bond donors (Lipinski definition) is 2. The van der Waals surface area contributed by atoms with Crippen molar-refractivity contribution in [3.63, 3.8) is 0 Å². The Hall–Kier alpha value is -1.68. The van der Waals surface area contributed by atoms with Gasteiger partial charge in [0.05, 0.1) is 18.0 Å². The summed E-state index contributed by atoms with van der Waals surface area (Å²) >= 11 is 0. The van der Waals surface area contributed by atoms with Crippen molar-refractivity contribution >= 4 is 0 Å². The van der Waals surface area contributed by atoms with Crippen LogP contribution in [0.1, 0.15) is 32.4 Å². The second kappa shape index (κ2) is 4.53. The van der Waals surface area contributed by atoms with Crippen LogP contribution in [0.2, 0.25) is 0 Å². The number of aromatic nitrogens is 2. The topological polar surface area (TPSA) is 48.9 Å². The van der Waals surface area contributed by atoms with Gasteiger partial charge in [0.25, 0.3) is 0 Å². The lowest BCUT2D eigenvalue weighted by molar-refractivity contribution is 0.0632. The van der Waals surface area contributed by atoms with E-state index in [9.17, 15) is 9.50 Å². The zero-order chi connectivity index (χ0) is 13.3. The maximum absolute atomic E-state index is 12.9. The van der Waals surface area contributed by atoms with Crippen molar-refractivity contribution in [3.8, 4) is 11.3 Å². The Kier molecular flexibility index (Phi) is 3.22. The van der Waals surface area contributed by atoms with Gasteiger partial charge in [-0.25, -0.2) is 4.39 Å². The van der Waals surface area contributed by atoms with Gasteiger partial charge in [-0.05, 0) is 29.7 Å². The molecule has 1 atom stereocenters. The molecule has 0 radical (unpaired) electrons. The largest absolute Gasteiger partial charge is 0.388 e. The zero-order valence-corrected chi connectivity index (χ0v) is 10.7. The van der Waals surface area contributed by atoms with Crippen molar-refractivity contribution in [2.75, 3.05) is 0 Å². The lowest BCUT2D eigenvalue weighted by Gasteiger charge is -2.25. The van der Waals surface area contributed by atoms with Crippen molar-refractivity contribution in [2.45, 2.75) is 26.9 Å². The molecule has 2 rings (SSSR count). The Bertz CT molecular complexity index is 525. The number of hydrogen-bond acceptors (Lipinski definition) is 2. The molecule has 0 spiro atoms. The van der Waals surface area contributed by atoms with E-state index in [1.165, 1.54) is 12.1 Å². The molecule has 0 aliphatic heterocycles. The Morgan fingerprint density at radius 2 is 1.83 bits per heavy atom. The second-order valence-electron chi connectivity index (χ2n) is 5.48. The zero-order valence-electron chi connectivity index (χ0n) is 10.7. The van der Waals surface area contributed by atoms with Gasteiger partial charge in [-0.2, -0.15) is 5.10 Å². The molecular weight excluding hydrogens is 231 g/mol. The minimum atomic E-state index is -0.628. The highest BCUT2D eigenvalue weighted by Gasteiger charge is 2.27. The van der Waals surface area contributed by atoms with Crippen LogP contribution < -0.4 is 0 Å². The Balaban J connectivity index is 2.42. The molecule has 0 saturated heterocycles. The van der Waals surface area contributed by atoms with Crippen molar-refractivity contribution in [3.05, 3.63) is 41.8 Å². The van der Waals surface area contributed by atoms with Gasteiger partial charge in [0.1, 0.15) is 5.82 Å². The molecule has 1 aromatic carbocycles. The summed E-state index contributed by atoms with van der Waals surface area (Å²) in [5.74, 6) is -0.281. The number of benzene rings is 1. The van der Waals surface area contributed by atoms with E-state index in [2.05, 4.69) is 10.2 Å². The number of aromatic amines is 1. The van der Waals surface area contributed by atoms with Crippen LogP contribution in [0.3, 0.4) is 0 Å². The Morgan fingerprint density at radius 3 is 2.39 bits per heavy atom. The predicted octanol–water partition coefficient (Wildman–Crippen LogP) is 3.30. The van der Waals surface area contributed by atoms with E-state index < -0.39 is 6.10 Å². The highest BCUT2D eigenvalue weighted by Crippen LogP contribution is 2.36. The third kappa shape index (κ3) is 2.43. The fourth-order valence-electron chi connectivity index (χ4n) is 1.82. The van der Waals surface area contributed by atoms with E-state index in [0.29, 0.717) is 0 Å². The first-order valence-corrected chi connectivity index (χ1v) is 5.87. The summed E-state index contributed by atoms with van der Waals surface area (Å²) < 4.78 is 12.9. The van der Waals surface area contributed by atoms with Gasteiger partial charge >= 0.3 is 0 Å². The van der Waals surface area contributed by atoms with Gasteiger partial charge in [0.2, 0.25) is 0 Å². The summed E-state index contributed by atoms with van der Waals surface area (Å²) in [6.45, 7) is 5.87. The number of aliphatic hydroxyl groups excluding tert-OH is 1. The normalized spacial score (nSPS) is 13.6. The molecule has 1 unspecified atom stereocenters. The maximum Gasteiger partial charge on any atom is 0.123 e.